The first kappa shape index (κ1) is 16.6. The average Bonchev–Trinajstić information content (AvgIpc) is 2.53. The van der Waals surface area contributed by atoms with E-state index in [-0.39, 0.29) is 0 Å². The topological polar surface area (TPSA) is 9.23 Å². The predicted octanol–water partition coefficient (Wildman–Crippen LogP) is 6.75. The maximum Gasteiger partial charge on any atom is 0.0964 e. The third-order valence-corrected chi connectivity index (χ3v) is 5.40. The lowest BCUT2D eigenvalue weighted by Crippen LogP contribution is -2.08. The molecule has 0 bridgehead atoms. The van der Waals surface area contributed by atoms with Crippen LogP contribution in [0.1, 0.15) is 89.9 Å². The Labute approximate surface area is 131 Å². The second-order valence-electron chi connectivity index (χ2n) is 7.26. The zero-order chi connectivity index (χ0) is 14.9. The molecule has 0 unspecified atom stereocenters. The Hall–Kier alpha value is -0.720. The van der Waals surface area contributed by atoms with Crippen LogP contribution in [0.5, 0.6) is 0 Å². The molecule has 1 nitrogen and oxygen atoms in total. The van der Waals surface area contributed by atoms with Crippen LogP contribution in [0.2, 0.25) is 0 Å². The first-order valence-electron chi connectivity index (χ1n) is 9.27. The van der Waals surface area contributed by atoms with Gasteiger partial charge in [-0.2, -0.15) is 0 Å². The molecule has 0 atom stereocenters. The fourth-order valence-electron chi connectivity index (χ4n) is 3.99. The Balaban J connectivity index is 1.54. The Morgan fingerprint density at radius 3 is 1.43 bits per heavy atom. The molecule has 2 fully saturated rings. The van der Waals surface area contributed by atoms with E-state index in [1.54, 1.807) is 0 Å². The van der Waals surface area contributed by atoms with Crippen LogP contribution in [-0.4, -0.2) is 0 Å². The molecule has 21 heavy (non-hydrogen) atoms. The molecular weight excluding hydrogens is 256 g/mol. The van der Waals surface area contributed by atoms with Gasteiger partial charge in [-0.15, -0.1) is 0 Å². The van der Waals surface area contributed by atoms with E-state index < -0.39 is 0 Å². The smallest absolute Gasteiger partial charge is 0.0964 e. The van der Waals surface area contributed by atoms with Crippen molar-refractivity contribution in [2.24, 2.45) is 11.8 Å². The fraction of sp³-hybridized carbons (Fsp3) is 0.800. The van der Waals surface area contributed by atoms with Gasteiger partial charge in [0.25, 0.3) is 0 Å². The van der Waals surface area contributed by atoms with Crippen molar-refractivity contribution in [1.29, 1.82) is 0 Å². The third kappa shape index (κ3) is 6.72. The minimum Gasteiger partial charge on any atom is -0.467 e. The first-order chi connectivity index (χ1) is 10.2. The summed E-state index contributed by atoms with van der Waals surface area (Å²) in [5.74, 6) is 3.70. The molecule has 120 valence electrons. The summed E-state index contributed by atoms with van der Waals surface area (Å²) in [6, 6.07) is 0. The minimum absolute atomic E-state index is 0.912. The second-order valence-corrected chi connectivity index (χ2v) is 7.26. The maximum atomic E-state index is 5.84. The van der Waals surface area contributed by atoms with Gasteiger partial charge in [-0.1, -0.05) is 77.4 Å². The molecule has 0 aromatic carbocycles. The van der Waals surface area contributed by atoms with Gasteiger partial charge >= 0.3 is 0 Å². The van der Waals surface area contributed by atoms with Crippen LogP contribution in [0.3, 0.4) is 0 Å². The van der Waals surface area contributed by atoms with Crippen molar-refractivity contribution in [1.82, 2.24) is 0 Å². The van der Waals surface area contributed by atoms with Crippen LogP contribution in [0.25, 0.3) is 0 Å². The van der Waals surface area contributed by atoms with Crippen LogP contribution in [0.15, 0.2) is 24.7 Å². The molecule has 0 aromatic rings. The van der Waals surface area contributed by atoms with Crippen molar-refractivity contribution < 1.29 is 4.74 Å². The van der Waals surface area contributed by atoms with Gasteiger partial charge in [0.15, 0.2) is 0 Å². The van der Waals surface area contributed by atoms with E-state index in [2.05, 4.69) is 13.2 Å². The summed E-state index contributed by atoms with van der Waals surface area (Å²) < 4.78 is 5.84. The lowest BCUT2D eigenvalue weighted by molar-refractivity contribution is 0.246. The summed E-state index contributed by atoms with van der Waals surface area (Å²) in [6.07, 6.45) is 18.8. The highest BCUT2D eigenvalue weighted by Crippen LogP contribution is 2.30. The third-order valence-electron chi connectivity index (χ3n) is 5.40. The number of rotatable bonds is 8. The summed E-state index contributed by atoms with van der Waals surface area (Å²) in [5, 5.41) is 0. The zero-order valence-corrected chi connectivity index (χ0v) is 13.9. The second kappa shape index (κ2) is 9.33. The standard InChI is InChI=1S/C20H34O/c1-17(13-15-19-9-5-3-6-10-19)21-18(2)14-16-20-11-7-4-8-12-20/h19-20H,1-16H2. The monoisotopic (exact) mass is 290 g/mol. The highest BCUT2D eigenvalue weighted by Gasteiger charge is 2.15. The zero-order valence-electron chi connectivity index (χ0n) is 13.9. The molecular formula is C20H34O. The predicted molar refractivity (Wildman–Crippen MR) is 91.0 cm³/mol. The van der Waals surface area contributed by atoms with E-state index in [4.69, 9.17) is 4.74 Å². The summed E-state index contributed by atoms with van der Waals surface area (Å²) in [5.41, 5.74) is 0. The van der Waals surface area contributed by atoms with Crippen molar-refractivity contribution >= 4 is 0 Å². The van der Waals surface area contributed by atoms with Crippen LogP contribution >= 0.6 is 0 Å². The van der Waals surface area contributed by atoms with Gasteiger partial charge in [-0.3, -0.25) is 0 Å². The number of ether oxygens (including phenoxy) is 1. The van der Waals surface area contributed by atoms with Crippen molar-refractivity contribution in [2.75, 3.05) is 0 Å². The van der Waals surface area contributed by atoms with Crippen LogP contribution in [-0.2, 0) is 4.74 Å². The van der Waals surface area contributed by atoms with E-state index in [0.29, 0.717) is 0 Å². The van der Waals surface area contributed by atoms with Gasteiger partial charge in [0.1, 0.15) is 0 Å². The number of hydrogen-bond acceptors (Lipinski definition) is 1. The van der Waals surface area contributed by atoms with Gasteiger partial charge in [-0.05, 0) is 24.7 Å². The van der Waals surface area contributed by atoms with E-state index >= 15 is 0 Å². The SMILES string of the molecule is C=C(CCC1CCCCC1)OC(=C)CCC1CCCCC1. The largest absolute Gasteiger partial charge is 0.467 e. The fourth-order valence-corrected chi connectivity index (χ4v) is 3.99. The van der Waals surface area contributed by atoms with Crippen LogP contribution in [0, 0.1) is 11.8 Å². The molecule has 0 amide bonds. The van der Waals surface area contributed by atoms with Gasteiger partial charge in [-0.25, -0.2) is 0 Å². The van der Waals surface area contributed by atoms with Crippen LogP contribution < -0.4 is 0 Å². The molecule has 0 aliphatic heterocycles. The highest BCUT2D eigenvalue weighted by atomic mass is 16.5. The number of allylic oxidation sites excluding steroid dienone is 2. The van der Waals surface area contributed by atoms with Gasteiger partial charge in [0.05, 0.1) is 11.5 Å². The van der Waals surface area contributed by atoms with E-state index in [0.717, 1.165) is 36.2 Å². The van der Waals surface area contributed by atoms with E-state index in [9.17, 15) is 0 Å². The molecule has 2 aliphatic rings. The maximum absolute atomic E-state index is 5.84. The van der Waals surface area contributed by atoms with E-state index in [1.807, 2.05) is 0 Å². The summed E-state index contributed by atoms with van der Waals surface area (Å²) in [7, 11) is 0. The number of hydrogen-bond donors (Lipinski definition) is 0. The van der Waals surface area contributed by atoms with Crippen LogP contribution in [0.4, 0.5) is 0 Å². The van der Waals surface area contributed by atoms with Gasteiger partial charge in [0, 0.05) is 12.8 Å². The summed E-state index contributed by atoms with van der Waals surface area (Å²) in [6.45, 7) is 8.18. The molecule has 2 aliphatic carbocycles. The van der Waals surface area contributed by atoms with Gasteiger partial charge in [0.2, 0.25) is 0 Å². The highest BCUT2D eigenvalue weighted by molar-refractivity contribution is 4.94. The summed E-state index contributed by atoms with van der Waals surface area (Å²) in [4.78, 5) is 0. The molecule has 0 spiro atoms. The molecule has 0 N–H and O–H groups in total. The van der Waals surface area contributed by atoms with E-state index in [1.165, 1.54) is 77.0 Å². The average molecular weight is 290 g/mol. The lowest BCUT2D eigenvalue weighted by Gasteiger charge is -2.23. The quantitative estimate of drug-likeness (QED) is 0.449. The molecule has 0 radical (unpaired) electrons. The lowest BCUT2D eigenvalue weighted by atomic mass is 9.86. The molecule has 1 heteroatoms. The molecule has 2 rings (SSSR count). The van der Waals surface area contributed by atoms with Crippen molar-refractivity contribution in [2.45, 2.75) is 89.9 Å². The Morgan fingerprint density at radius 2 is 1.05 bits per heavy atom. The molecule has 0 aromatic heterocycles. The molecule has 2 saturated carbocycles. The summed E-state index contributed by atoms with van der Waals surface area (Å²) >= 11 is 0. The minimum atomic E-state index is 0.912. The normalized spacial score (nSPS) is 21.1. The van der Waals surface area contributed by atoms with Crippen molar-refractivity contribution in [3.8, 4) is 0 Å². The Bertz CT molecular complexity index is 287. The van der Waals surface area contributed by atoms with Crippen molar-refractivity contribution in [3.05, 3.63) is 24.7 Å². The molecule has 0 saturated heterocycles. The van der Waals surface area contributed by atoms with Crippen molar-refractivity contribution in [3.63, 3.8) is 0 Å². The first-order valence-corrected chi connectivity index (χ1v) is 9.27. The Morgan fingerprint density at radius 1 is 0.667 bits per heavy atom. The van der Waals surface area contributed by atoms with Gasteiger partial charge < -0.3 is 4.74 Å². The Kier molecular flexibility index (Phi) is 7.39. The molecule has 0 heterocycles.